The minimum absolute atomic E-state index is 0.329. The predicted molar refractivity (Wildman–Crippen MR) is 89.5 cm³/mol. The van der Waals surface area contributed by atoms with Gasteiger partial charge in [-0.05, 0) is 56.4 Å². The first-order valence-corrected chi connectivity index (χ1v) is 9.14. The topological polar surface area (TPSA) is 35.5 Å². The number of hydrogen-bond donors (Lipinski definition) is 2. The molecule has 3 heteroatoms. The minimum atomic E-state index is 0.329. The summed E-state index contributed by atoms with van der Waals surface area (Å²) in [5.41, 5.74) is 0.499. The van der Waals surface area contributed by atoms with E-state index in [-0.39, 0.29) is 0 Å². The van der Waals surface area contributed by atoms with Crippen molar-refractivity contribution in [2.24, 2.45) is 11.3 Å². The molecule has 0 aliphatic heterocycles. The van der Waals surface area contributed by atoms with Crippen LogP contribution in [0.25, 0.3) is 0 Å². The van der Waals surface area contributed by atoms with Gasteiger partial charge in [0, 0.05) is 31.8 Å². The number of aliphatic hydroxyl groups is 1. The van der Waals surface area contributed by atoms with Gasteiger partial charge in [-0.2, -0.15) is 0 Å². The maximum Gasteiger partial charge on any atom is 0.0443 e. The predicted octanol–water partition coefficient (Wildman–Crippen LogP) is 3.03. The van der Waals surface area contributed by atoms with Crippen molar-refractivity contribution >= 4 is 0 Å². The summed E-state index contributed by atoms with van der Waals surface area (Å²) in [7, 11) is 0. The molecule has 0 bridgehead atoms. The summed E-state index contributed by atoms with van der Waals surface area (Å²) < 4.78 is 0. The Kier molecular flexibility index (Phi) is 6.51. The van der Waals surface area contributed by atoms with Crippen molar-refractivity contribution in [1.29, 1.82) is 0 Å². The number of aliphatic hydroxyl groups excluding tert-OH is 1. The number of hydrogen-bond acceptors (Lipinski definition) is 3. The lowest BCUT2D eigenvalue weighted by Crippen LogP contribution is -2.51. The quantitative estimate of drug-likeness (QED) is 0.723. The first-order valence-electron chi connectivity index (χ1n) is 9.14. The normalized spacial score (nSPS) is 29.6. The molecule has 2 aliphatic carbocycles. The van der Waals surface area contributed by atoms with Crippen molar-refractivity contribution in [3.8, 4) is 0 Å². The third kappa shape index (κ3) is 4.94. The van der Waals surface area contributed by atoms with Crippen LogP contribution < -0.4 is 5.32 Å². The van der Waals surface area contributed by atoms with Crippen LogP contribution in [0.2, 0.25) is 0 Å². The van der Waals surface area contributed by atoms with Gasteiger partial charge in [0.1, 0.15) is 0 Å². The van der Waals surface area contributed by atoms with Crippen LogP contribution in [0.3, 0.4) is 0 Å². The molecule has 0 aromatic carbocycles. The van der Waals surface area contributed by atoms with E-state index in [1.54, 1.807) is 0 Å². The van der Waals surface area contributed by atoms with Gasteiger partial charge in [-0.15, -0.1) is 0 Å². The van der Waals surface area contributed by atoms with Crippen LogP contribution in [0, 0.1) is 11.3 Å². The Labute approximate surface area is 131 Å². The highest BCUT2D eigenvalue weighted by Crippen LogP contribution is 2.40. The van der Waals surface area contributed by atoms with Crippen LogP contribution in [-0.2, 0) is 0 Å². The average Bonchev–Trinajstić information content (AvgIpc) is 2.36. The largest absolute Gasteiger partial charge is 0.396 e. The molecule has 2 atom stereocenters. The number of nitrogens with zero attached hydrogens (tertiary/aromatic N) is 1. The fourth-order valence-electron chi connectivity index (χ4n) is 4.21. The van der Waals surface area contributed by atoms with E-state index in [1.807, 2.05) is 0 Å². The molecule has 2 N–H and O–H groups in total. The lowest BCUT2D eigenvalue weighted by Gasteiger charge is -2.46. The monoisotopic (exact) mass is 296 g/mol. The molecule has 2 fully saturated rings. The van der Waals surface area contributed by atoms with Crippen molar-refractivity contribution in [2.45, 2.75) is 77.8 Å². The van der Waals surface area contributed by atoms with E-state index in [2.05, 4.69) is 31.0 Å². The van der Waals surface area contributed by atoms with E-state index in [1.165, 1.54) is 45.1 Å². The van der Waals surface area contributed by atoms with Crippen molar-refractivity contribution in [2.75, 3.05) is 26.2 Å². The lowest BCUT2D eigenvalue weighted by atomic mass is 9.69. The summed E-state index contributed by atoms with van der Waals surface area (Å²) in [6, 6.07) is 1.49. The highest BCUT2D eigenvalue weighted by atomic mass is 16.3. The Morgan fingerprint density at radius 3 is 2.57 bits per heavy atom. The molecule has 2 unspecified atom stereocenters. The van der Waals surface area contributed by atoms with E-state index in [4.69, 9.17) is 0 Å². The molecule has 0 spiro atoms. The molecule has 2 rings (SSSR count). The van der Waals surface area contributed by atoms with E-state index in [9.17, 15) is 5.11 Å². The molecular formula is C18H36N2O. The molecule has 0 saturated heterocycles. The second-order valence-electron chi connectivity index (χ2n) is 7.99. The Hall–Kier alpha value is -0.120. The molecule has 3 nitrogen and oxygen atoms in total. The van der Waals surface area contributed by atoms with E-state index in [0.717, 1.165) is 31.5 Å². The van der Waals surface area contributed by atoms with Gasteiger partial charge in [0.15, 0.2) is 0 Å². The van der Waals surface area contributed by atoms with Gasteiger partial charge in [0.05, 0.1) is 0 Å². The van der Waals surface area contributed by atoms with Crippen molar-refractivity contribution in [3.63, 3.8) is 0 Å². The molecule has 0 aromatic heterocycles. The third-order valence-electron chi connectivity index (χ3n) is 5.65. The summed E-state index contributed by atoms with van der Waals surface area (Å²) in [4.78, 5) is 2.69. The average molecular weight is 296 g/mol. The molecule has 21 heavy (non-hydrogen) atoms. The second-order valence-corrected chi connectivity index (χ2v) is 7.99. The van der Waals surface area contributed by atoms with Gasteiger partial charge in [0.2, 0.25) is 0 Å². The maximum atomic E-state index is 9.17. The SMILES string of the molecule is CCNC1CCC(C)(C)CC1CN(CCCO)C1CCC1. The zero-order valence-electron chi connectivity index (χ0n) is 14.4. The Balaban J connectivity index is 1.96. The van der Waals surface area contributed by atoms with Crippen LogP contribution >= 0.6 is 0 Å². The Morgan fingerprint density at radius 1 is 1.24 bits per heavy atom. The van der Waals surface area contributed by atoms with Crippen LogP contribution in [0.1, 0.15) is 65.7 Å². The Morgan fingerprint density at radius 2 is 2.00 bits per heavy atom. The molecule has 0 radical (unpaired) electrons. The summed E-state index contributed by atoms with van der Waals surface area (Å²) in [5, 5.41) is 12.9. The second kappa shape index (κ2) is 7.94. The van der Waals surface area contributed by atoms with E-state index in [0.29, 0.717) is 18.1 Å². The van der Waals surface area contributed by atoms with Crippen LogP contribution in [0.5, 0.6) is 0 Å². The number of nitrogens with one attached hydrogen (secondary N) is 1. The fourth-order valence-corrected chi connectivity index (χ4v) is 4.21. The summed E-state index contributed by atoms with van der Waals surface area (Å²) in [6.45, 7) is 10.8. The maximum absolute atomic E-state index is 9.17. The molecule has 0 aromatic rings. The summed E-state index contributed by atoms with van der Waals surface area (Å²) >= 11 is 0. The molecule has 0 amide bonds. The standard InChI is InChI=1S/C18H36N2O/c1-4-19-17-9-10-18(2,3)13-15(17)14-20(11-6-12-21)16-7-5-8-16/h15-17,19,21H,4-14H2,1-3H3. The number of rotatable bonds is 8. The zero-order valence-corrected chi connectivity index (χ0v) is 14.4. The van der Waals surface area contributed by atoms with Gasteiger partial charge < -0.3 is 10.4 Å². The van der Waals surface area contributed by atoms with E-state index < -0.39 is 0 Å². The third-order valence-corrected chi connectivity index (χ3v) is 5.65. The van der Waals surface area contributed by atoms with Crippen LogP contribution in [0.4, 0.5) is 0 Å². The minimum Gasteiger partial charge on any atom is -0.396 e. The van der Waals surface area contributed by atoms with Crippen LogP contribution in [0.15, 0.2) is 0 Å². The summed E-state index contributed by atoms with van der Waals surface area (Å²) in [5.74, 6) is 0.771. The van der Waals surface area contributed by atoms with Crippen LogP contribution in [-0.4, -0.2) is 48.3 Å². The first kappa shape index (κ1) is 17.2. The lowest BCUT2D eigenvalue weighted by molar-refractivity contribution is 0.0539. The van der Waals surface area contributed by atoms with Crippen molar-refractivity contribution in [3.05, 3.63) is 0 Å². The molecule has 0 heterocycles. The van der Waals surface area contributed by atoms with Gasteiger partial charge >= 0.3 is 0 Å². The molecular weight excluding hydrogens is 260 g/mol. The fraction of sp³-hybridized carbons (Fsp3) is 1.00. The molecule has 2 saturated carbocycles. The van der Waals surface area contributed by atoms with E-state index >= 15 is 0 Å². The van der Waals surface area contributed by atoms with Gasteiger partial charge in [-0.1, -0.05) is 27.2 Å². The smallest absolute Gasteiger partial charge is 0.0443 e. The van der Waals surface area contributed by atoms with Gasteiger partial charge in [-0.25, -0.2) is 0 Å². The van der Waals surface area contributed by atoms with Crippen molar-refractivity contribution < 1.29 is 5.11 Å². The highest BCUT2D eigenvalue weighted by Gasteiger charge is 2.36. The van der Waals surface area contributed by atoms with Gasteiger partial charge in [0.25, 0.3) is 0 Å². The van der Waals surface area contributed by atoms with Crippen molar-refractivity contribution in [1.82, 2.24) is 10.2 Å². The summed E-state index contributed by atoms with van der Waals surface area (Å²) in [6.07, 6.45) is 9.07. The first-order chi connectivity index (χ1) is 10.1. The highest BCUT2D eigenvalue weighted by molar-refractivity contribution is 4.92. The molecule has 2 aliphatic rings. The van der Waals surface area contributed by atoms with Gasteiger partial charge in [-0.3, -0.25) is 4.90 Å². The Bertz CT molecular complexity index is 302. The zero-order chi connectivity index (χ0) is 15.3. The molecule has 124 valence electrons.